The lowest BCUT2D eigenvalue weighted by Crippen LogP contribution is -2.26. The van der Waals surface area contributed by atoms with E-state index in [-0.39, 0.29) is 0 Å². The molecule has 0 saturated heterocycles. The van der Waals surface area contributed by atoms with Gasteiger partial charge in [-0.1, -0.05) is 74.9 Å². The molecule has 2 aromatic carbocycles. The van der Waals surface area contributed by atoms with Gasteiger partial charge in [-0.2, -0.15) is 0 Å². The molecule has 0 spiro atoms. The monoisotopic (exact) mass is 441 g/mol. The van der Waals surface area contributed by atoms with Gasteiger partial charge >= 0.3 is 0 Å². The Morgan fingerprint density at radius 2 is 1.70 bits per heavy atom. The van der Waals surface area contributed by atoms with Crippen LogP contribution in [0.4, 0.5) is 0 Å². The molecule has 5 rings (SSSR count). The fourth-order valence-electron chi connectivity index (χ4n) is 5.96. The molecule has 2 N–H and O–H groups in total. The van der Waals surface area contributed by atoms with Crippen LogP contribution in [0.3, 0.4) is 0 Å². The van der Waals surface area contributed by atoms with Gasteiger partial charge in [0.15, 0.2) is 0 Å². The van der Waals surface area contributed by atoms with Gasteiger partial charge in [0, 0.05) is 19.0 Å². The summed E-state index contributed by atoms with van der Waals surface area (Å²) in [6, 6.07) is 13.5. The average molecular weight is 442 g/mol. The van der Waals surface area contributed by atoms with Gasteiger partial charge in [0.05, 0.1) is 0 Å². The van der Waals surface area contributed by atoms with Crippen molar-refractivity contribution >= 4 is 16.3 Å². The van der Waals surface area contributed by atoms with Crippen molar-refractivity contribution in [2.45, 2.75) is 59.3 Å². The first-order chi connectivity index (χ1) is 16.0. The number of benzene rings is 2. The molecule has 0 fully saturated rings. The molecule has 2 aliphatic carbocycles. The van der Waals surface area contributed by atoms with Crippen LogP contribution in [-0.4, -0.2) is 11.7 Å². The number of nitrogens with one attached hydrogen (secondary N) is 1. The van der Waals surface area contributed by atoms with Crippen molar-refractivity contribution in [2.24, 2.45) is 17.3 Å². The molecule has 2 atom stereocenters. The summed E-state index contributed by atoms with van der Waals surface area (Å²) >= 11 is 0. The smallest absolute Gasteiger partial charge is 0.0436 e. The zero-order valence-electron chi connectivity index (χ0n) is 20.5. The fourth-order valence-corrected chi connectivity index (χ4v) is 5.96. The van der Waals surface area contributed by atoms with Gasteiger partial charge in [0.25, 0.3) is 0 Å². The SMILES string of the molecule is C1=CC=CNC=C1.CC(C)(C)CC1CC2=C(CCc3c2ccc2ccccc32)[C@H](CCO)C1. The number of rotatable bonds is 3. The maximum Gasteiger partial charge on any atom is 0.0436 e. The predicted molar refractivity (Wildman–Crippen MR) is 142 cm³/mol. The molecule has 0 saturated carbocycles. The van der Waals surface area contributed by atoms with E-state index in [0.717, 1.165) is 18.8 Å². The van der Waals surface area contributed by atoms with Gasteiger partial charge in [-0.15, -0.1) is 0 Å². The van der Waals surface area contributed by atoms with Crippen LogP contribution in [0.15, 0.2) is 78.7 Å². The quantitative estimate of drug-likeness (QED) is 0.515. The number of aliphatic hydroxyl groups is 1. The van der Waals surface area contributed by atoms with Crippen molar-refractivity contribution in [1.82, 2.24) is 5.32 Å². The topological polar surface area (TPSA) is 32.3 Å². The van der Waals surface area contributed by atoms with Gasteiger partial charge < -0.3 is 10.4 Å². The van der Waals surface area contributed by atoms with E-state index in [9.17, 15) is 5.11 Å². The van der Waals surface area contributed by atoms with Gasteiger partial charge in [-0.05, 0) is 95.4 Å². The molecule has 3 aliphatic rings. The van der Waals surface area contributed by atoms with Gasteiger partial charge in [-0.25, -0.2) is 0 Å². The van der Waals surface area contributed by atoms with Crippen molar-refractivity contribution in [1.29, 1.82) is 0 Å². The summed E-state index contributed by atoms with van der Waals surface area (Å²) in [4.78, 5) is 0. The third-order valence-electron chi connectivity index (χ3n) is 7.10. The standard InChI is InChI=1S/C25H32O.C6H7N/c1-25(2,3)16-17-14-19(12-13-26)21-10-11-22-20-7-5-4-6-18(20)8-9-23(22)24(21)15-17;1-2-4-6-7-5-3-1/h4-9,17,19,26H,10-16H2,1-3H3;1-7H/t17?,19-;/m1./s1. The highest BCUT2D eigenvalue weighted by Crippen LogP contribution is 2.49. The lowest BCUT2D eigenvalue weighted by molar-refractivity contribution is 0.219. The van der Waals surface area contributed by atoms with E-state index in [1.54, 1.807) is 16.7 Å². The Morgan fingerprint density at radius 1 is 0.939 bits per heavy atom. The molecule has 2 heteroatoms. The molecule has 0 radical (unpaired) electrons. The molecular formula is C31H39NO. The summed E-state index contributed by atoms with van der Waals surface area (Å²) in [5.74, 6) is 1.32. The Kier molecular flexibility index (Phi) is 7.55. The Labute approximate surface area is 199 Å². The van der Waals surface area contributed by atoms with Crippen molar-refractivity contribution in [2.75, 3.05) is 6.61 Å². The minimum atomic E-state index is 0.314. The highest BCUT2D eigenvalue weighted by atomic mass is 16.3. The molecule has 0 amide bonds. The predicted octanol–water partition coefficient (Wildman–Crippen LogP) is 7.56. The highest BCUT2D eigenvalue weighted by Gasteiger charge is 2.34. The molecule has 0 aromatic heterocycles. The number of hydrogen-bond acceptors (Lipinski definition) is 2. The Morgan fingerprint density at radius 3 is 2.42 bits per heavy atom. The first-order valence-corrected chi connectivity index (χ1v) is 12.5. The highest BCUT2D eigenvalue weighted by molar-refractivity contribution is 5.92. The molecule has 1 aliphatic heterocycles. The van der Waals surface area contributed by atoms with Crippen LogP contribution in [0.5, 0.6) is 0 Å². The van der Waals surface area contributed by atoms with Gasteiger partial charge in [0.2, 0.25) is 0 Å². The summed E-state index contributed by atoms with van der Waals surface area (Å²) < 4.78 is 0. The number of hydrogen-bond donors (Lipinski definition) is 2. The van der Waals surface area contributed by atoms with E-state index in [0.29, 0.717) is 17.9 Å². The number of allylic oxidation sites excluding steroid dienone is 6. The van der Waals surface area contributed by atoms with Crippen LogP contribution in [0, 0.1) is 17.3 Å². The summed E-state index contributed by atoms with van der Waals surface area (Å²) in [5.41, 5.74) is 6.71. The van der Waals surface area contributed by atoms with E-state index in [1.807, 2.05) is 36.7 Å². The second-order valence-electron chi connectivity index (χ2n) is 10.9. The number of fused-ring (bicyclic) bond motifs is 4. The lowest BCUT2D eigenvalue weighted by atomic mass is 9.66. The first kappa shape index (κ1) is 23.6. The summed E-state index contributed by atoms with van der Waals surface area (Å²) in [7, 11) is 0. The maximum atomic E-state index is 9.64. The Bertz CT molecular complexity index is 1070. The van der Waals surface area contributed by atoms with Gasteiger partial charge in [-0.3, -0.25) is 0 Å². The second kappa shape index (κ2) is 10.6. The zero-order valence-corrected chi connectivity index (χ0v) is 20.5. The largest absolute Gasteiger partial charge is 0.396 e. The van der Waals surface area contributed by atoms with Crippen molar-refractivity contribution in [3.8, 4) is 0 Å². The molecule has 2 nitrogen and oxygen atoms in total. The molecule has 174 valence electrons. The average Bonchev–Trinajstić information content (AvgIpc) is 3.11. The summed E-state index contributed by atoms with van der Waals surface area (Å²) in [6.45, 7) is 7.40. The Balaban J connectivity index is 0.000000318. The van der Waals surface area contributed by atoms with E-state index in [1.165, 1.54) is 42.0 Å². The second-order valence-corrected chi connectivity index (χ2v) is 10.9. The number of aryl methyl sites for hydroxylation is 1. The Hall–Kier alpha value is -2.58. The normalized spacial score (nSPS) is 21.6. The molecule has 1 unspecified atom stereocenters. The van der Waals surface area contributed by atoms with E-state index >= 15 is 0 Å². The van der Waals surface area contributed by atoms with Crippen LogP contribution in [0.25, 0.3) is 16.3 Å². The molecule has 33 heavy (non-hydrogen) atoms. The zero-order chi connectivity index (χ0) is 23.3. The summed E-state index contributed by atoms with van der Waals surface area (Å²) in [6.07, 6.45) is 18.6. The maximum absolute atomic E-state index is 9.64. The van der Waals surface area contributed by atoms with Crippen molar-refractivity contribution in [3.63, 3.8) is 0 Å². The summed E-state index contributed by atoms with van der Waals surface area (Å²) in [5, 5.41) is 15.4. The lowest BCUT2D eigenvalue weighted by Gasteiger charge is -2.39. The van der Waals surface area contributed by atoms with Crippen LogP contribution in [-0.2, 0) is 6.42 Å². The number of aliphatic hydroxyl groups excluding tert-OH is 1. The molecular weight excluding hydrogens is 402 g/mol. The van der Waals surface area contributed by atoms with E-state index in [4.69, 9.17) is 0 Å². The van der Waals surface area contributed by atoms with Crippen molar-refractivity contribution < 1.29 is 5.11 Å². The minimum Gasteiger partial charge on any atom is -0.396 e. The minimum absolute atomic E-state index is 0.314. The molecule has 1 heterocycles. The van der Waals surface area contributed by atoms with Crippen molar-refractivity contribution in [3.05, 3.63) is 89.8 Å². The third-order valence-corrected chi connectivity index (χ3v) is 7.10. The molecule has 0 bridgehead atoms. The van der Waals surface area contributed by atoms with Gasteiger partial charge in [0.1, 0.15) is 0 Å². The van der Waals surface area contributed by atoms with Crippen LogP contribution in [0.1, 0.15) is 64.0 Å². The molecule has 2 aromatic rings. The third kappa shape index (κ3) is 5.86. The van der Waals surface area contributed by atoms with E-state index in [2.05, 4.69) is 62.5 Å². The first-order valence-electron chi connectivity index (χ1n) is 12.5. The fraction of sp³-hybridized carbons (Fsp3) is 0.419. The van der Waals surface area contributed by atoms with Crippen LogP contribution in [0.2, 0.25) is 0 Å². The van der Waals surface area contributed by atoms with Crippen LogP contribution < -0.4 is 5.32 Å². The van der Waals surface area contributed by atoms with Crippen LogP contribution >= 0.6 is 0 Å². The van der Waals surface area contributed by atoms with E-state index < -0.39 is 0 Å².